The average molecular weight is 374 g/mol. The van der Waals surface area contributed by atoms with E-state index in [9.17, 15) is 9.59 Å². The Morgan fingerprint density at radius 2 is 1.54 bits per heavy atom. The van der Waals surface area contributed by atoms with Gasteiger partial charge in [-0.2, -0.15) is 0 Å². The molecule has 1 aromatic heterocycles. The molecule has 4 rings (SSSR count). The van der Waals surface area contributed by atoms with Crippen LogP contribution in [-0.2, 0) is 11.8 Å². The van der Waals surface area contributed by atoms with Crippen LogP contribution in [0.5, 0.6) is 0 Å². The molecule has 1 aliphatic rings. The Morgan fingerprint density at radius 3 is 2.21 bits per heavy atom. The Morgan fingerprint density at radius 1 is 0.893 bits per heavy atom. The van der Waals surface area contributed by atoms with Crippen molar-refractivity contribution in [3.8, 4) is 5.69 Å². The quantitative estimate of drug-likeness (QED) is 0.652. The van der Waals surface area contributed by atoms with Gasteiger partial charge in [-0.15, -0.1) is 10.2 Å². The molecule has 0 fully saturated rings. The third-order valence-corrected chi connectivity index (χ3v) is 4.82. The molecule has 0 saturated carbocycles. The maximum atomic E-state index is 12.9. The van der Waals surface area contributed by atoms with Gasteiger partial charge in [-0.3, -0.25) is 14.3 Å². The highest BCUT2D eigenvalue weighted by molar-refractivity contribution is 6.19. The van der Waals surface area contributed by atoms with E-state index in [4.69, 9.17) is 4.74 Å². The number of nitrogens with zero attached hydrogens (tertiary/aromatic N) is 4. The highest BCUT2D eigenvalue weighted by Gasteiger charge is 2.31. The van der Waals surface area contributed by atoms with Crippen molar-refractivity contribution in [3.05, 3.63) is 87.5 Å². The van der Waals surface area contributed by atoms with Gasteiger partial charge in [-0.25, -0.2) is 4.68 Å². The van der Waals surface area contributed by atoms with Gasteiger partial charge in [0.05, 0.1) is 18.5 Å². The van der Waals surface area contributed by atoms with Crippen LogP contribution in [0, 0.1) is 6.92 Å². The monoisotopic (exact) mass is 374 g/mol. The largest absolute Gasteiger partial charge is 0.494 e. The summed E-state index contributed by atoms with van der Waals surface area (Å²) in [6.07, 6.45) is 0. The summed E-state index contributed by atoms with van der Waals surface area (Å²) in [5.74, 6) is 0.0921. The van der Waals surface area contributed by atoms with Crippen molar-refractivity contribution in [3.63, 3.8) is 0 Å². The Bertz CT molecular complexity index is 1200. The van der Waals surface area contributed by atoms with E-state index in [1.807, 2.05) is 36.4 Å². The molecule has 0 bridgehead atoms. The number of hydrogen-bond acceptors (Lipinski definition) is 5. The SMILES string of the molecule is COC1=C(N=Nc2c(C)n(C)n(-c3ccccc3)c2=O)C(=O)c2ccccc21. The molecule has 0 saturated heterocycles. The lowest BCUT2D eigenvalue weighted by Gasteiger charge is -2.07. The third kappa shape index (κ3) is 2.60. The number of carbonyl (C=O) groups is 1. The highest BCUT2D eigenvalue weighted by Crippen LogP contribution is 2.34. The number of azo groups is 1. The number of hydrogen-bond donors (Lipinski definition) is 0. The fraction of sp³-hybridized carbons (Fsp3) is 0.143. The third-order valence-electron chi connectivity index (χ3n) is 4.82. The zero-order valence-electron chi connectivity index (χ0n) is 15.7. The molecule has 3 aromatic rings. The lowest BCUT2D eigenvalue weighted by molar-refractivity contribution is 0.103. The van der Waals surface area contributed by atoms with Gasteiger partial charge in [0, 0.05) is 18.2 Å². The Balaban J connectivity index is 1.80. The van der Waals surface area contributed by atoms with E-state index in [0.717, 1.165) is 5.69 Å². The van der Waals surface area contributed by atoms with Crippen molar-refractivity contribution in [2.75, 3.05) is 7.11 Å². The van der Waals surface area contributed by atoms with Crippen molar-refractivity contribution < 1.29 is 9.53 Å². The lowest BCUT2D eigenvalue weighted by atomic mass is 10.1. The fourth-order valence-electron chi connectivity index (χ4n) is 3.30. The highest BCUT2D eigenvalue weighted by atomic mass is 16.5. The number of ether oxygens (including phenoxy) is 1. The second-order valence-electron chi connectivity index (χ2n) is 6.37. The molecule has 1 heterocycles. The Kier molecular flexibility index (Phi) is 4.27. The summed E-state index contributed by atoms with van der Waals surface area (Å²) in [6, 6.07) is 16.4. The number of methoxy groups -OCH3 is 1. The van der Waals surface area contributed by atoms with Gasteiger partial charge in [-0.05, 0) is 19.1 Å². The first kappa shape index (κ1) is 17.7. The number of benzene rings is 2. The number of Topliss-reactive ketones (excluding diaryl/α,β-unsaturated/α-hetero) is 1. The van der Waals surface area contributed by atoms with Gasteiger partial charge in [0.1, 0.15) is 0 Å². The first-order valence-corrected chi connectivity index (χ1v) is 8.72. The molecule has 0 aliphatic heterocycles. The number of ketones is 1. The van der Waals surface area contributed by atoms with Gasteiger partial charge in [0.25, 0.3) is 5.56 Å². The molecule has 2 aromatic carbocycles. The Hall–Kier alpha value is -3.74. The van der Waals surface area contributed by atoms with Crippen molar-refractivity contribution in [1.29, 1.82) is 0 Å². The van der Waals surface area contributed by atoms with Crippen LogP contribution >= 0.6 is 0 Å². The number of rotatable bonds is 4. The first-order valence-electron chi connectivity index (χ1n) is 8.72. The van der Waals surface area contributed by atoms with Crippen LogP contribution in [0.15, 0.2) is 75.3 Å². The van der Waals surface area contributed by atoms with Gasteiger partial charge in [0.15, 0.2) is 17.1 Å². The molecular weight excluding hydrogens is 356 g/mol. The smallest absolute Gasteiger partial charge is 0.299 e. The minimum absolute atomic E-state index is 0.0950. The first-order chi connectivity index (χ1) is 13.5. The average Bonchev–Trinajstić information content (AvgIpc) is 3.11. The lowest BCUT2D eigenvalue weighted by Crippen LogP contribution is -2.19. The molecule has 140 valence electrons. The van der Waals surface area contributed by atoms with Crippen LogP contribution in [-0.4, -0.2) is 22.3 Å². The number of aromatic nitrogens is 2. The maximum Gasteiger partial charge on any atom is 0.299 e. The molecule has 0 N–H and O–H groups in total. The predicted octanol–water partition coefficient (Wildman–Crippen LogP) is 3.78. The van der Waals surface area contributed by atoms with Crippen LogP contribution in [0.4, 0.5) is 5.69 Å². The van der Waals surface area contributed by atoms with Gasteiger partial charge in [0.2, 0.25) is 5.78 Å². The van der Waals surface area contributed by atoms with E-state index in [-0.39, 0.29) is 22.7 Å². The van der Waals surface area contributed by atoms with Crippen LogP contribution in [0.3, 0.4) is 0 Å². The second kappa shape index (κ2) is 6.77. The van der Waals surface area contributed by atoms with E-state index < -0.39 is 0 Å². The van der Waals surface area contributed by atoms with E-state index in [2.05, 4.69) is 10.2 Å². The maximum absolute atomic E-state index is 12.9. The molecule has 0 atom stereocenters. The normalized spacial score (nSPS) is 13.5. The summed E-state index contributed by atoms with van der Waals surface area (Å²) in [6.45, 7) is 1.78. The van der Waals surface area contributed by atoms with Crippen molar-refractivity contribution >= 4 is 17.2 Å². The summed E-state index contributed by atoms with van der Waals surface area (Å²) in [5, 5.41) is 8.25. The zero-order chi connectivity index (χ0) is 19.8. The summed E-state index contributed by atoms with van der Waals surface area (Å²) in [7, 11) is 3.26. The molecule has 1 aliphatic carbocycles. The van der Waals surface area contributed by atoms with E-state index in [1.54, 1.807) is 36.9 Å². The summed E-state index contributed by atoms with van der Waals surface area (Å²) in [5.41, 5.74) is 2.52. The van der Waals surface area contributed by atoms with Gasteiger partial charge < -0.3 is 4.74 Å². The predicted molar refractivity (Wildman–Crippen MR) is 105 cm³/mol. The standard InChI is InChI=1S/C21H18N4O3/c1-13-17(21(27)25(24(13)2)14-9-5-4-6-10-14)22-23-18-19(26)15-11-7-8-12-16(15)20(18)28-3/h4-12H,1-3H3. The molecule has 0 unspecified atom stereocenters. The number of allylic oxidation sites excluding steroid dienone is 1. The minimum atomic E-state index is -0.308. The van der Waals surface area contributed by atoms with Crippen molar-refractivity contribution in [1.82, 2.24) is 9.36 Å². The molecule has 0 amide bonds. The van der Waals surface area contributed by atoms with Crippen LogP contribution in [0.25, 0.3) is 11.4 Å². The van der Waals surface area contributed by atoms with Crippen molar-refractivity contribution in [2.45, 2.75) is 6.92 Å². The van der Waals surface area contributed by atoms with Crippen LogP contribution in [0.2, 0.25) is 0 Å². The number of para-hydroxylation sites is 1. The van der Waals surface area contributed by atoms with Gasteiger partial charge >= 0.3 is 0 Å². The minimum Gasteiger partial charge on any atom is -0.494 e. The number of fused-ring (bicyclic) bond motifs is 1. The fourth-order valence-corrected chi connectivity index (χ4v) is 3.30. The molecular formula is C21H18N4O3. The molecule has 0 spiro atoms. The molecule has 7 heteroatoms. The number of carbonyl (C=O) groups excluding carboxylic acids is 1. The topological polar surface area (TPSA) is 78.0 Å². The summed E-state index contributed by atoms with van der Waals surface area (Å²) < 4.78 is 8.61. The molecule has 7 nitrogen and oxygen atoms in total. The summed E-state index contributed by atoms with van der Waals surface area (Å²) >= 11 is 0. The Labute approximate surface area is 161 Å². The zero-order valence-corrected chi connectivity index (χ0v) is 15.7. The molecule has 28 heavy (non-hydrogen) atoms. The summed E-state index contributed by atoms with van der Waals surface area (Å²) in [4.78, 5) is 25.6. The van der Waals surface area contributed by atoms with Crippen LogP contribution in [0.1, 0.15) is 21.6 Å². The second-order valence-corrected chi connectivity index (χ2v) is 6.37. The van der Waals surface area contributed by atoms with Gasteiger partial charge in [-0.1, -0.05) is 42.5 Å². The van der Waals surface area contributed by atoms with E-state index in [1.165, 1.54) is 11.8 Å². The molecule has 0 radical (unpaired) electrons. The van der Waals surface area contributed by atoms with Crippen LogP contribution < -0.4 is 5.56 Å². The van der Waals surface area contributed by atoms with Crippen molar-refractivity contribution in [2.24, 2.45) is 17.3 Å². The van der Waals surface area contributed by atoms with E-state index >= 15 is 0 Å². The van der Waals surface area contributed by atoms with E-state index in [0.29, 0.717) is 22.6 Å².